The second-order valence-electron chi connectivity index (χ2n) is 6.75. The SMILES string of the molecule is Cc1ccc2c(N3CCC(F)(F)CC3)nc(-c3ccccc3O)nc2c1. The highest BCUT2D eigenvalue weighted by Gasteiger charge is 2.35. The Kier molecular flexibility index (Phi) is 3.98. The molecule has 4 rings (SSSR count). The number of para-hydroxylation sites is 1. The monoisotopic (exact) mass is 355 g/mol. The number of hydrogen-bond acceptors (Lipinski definition) is 4. The predicted octanol–water partition coefficient (Wildman–Crippen LogP) is 4.55. The lowest BCUT2D eigenvalue weighted by Gasteiger charge is -2.33. The van der Waals surface area contributed by atoms with Gasteiger partial charge in [-0.2, -0.15) is 0 Å². The zero-order valence-corrected chi connectivity index (χ0v) is 14.4. The van der Waals surface area contributed by atoms with E-state index in [1.165, 1.54) is 0 Å². The van der Waals surface area contributed by atoms with Crippen LogP contribution in [0.1, 0.15) is 18.4 Å². The van der Waals surface area contributed by atoms with Gasteiger partial charge in [-0.15, -0.1) is 0 Å². The number of nitrogens with zero attached hydrogens (tertiary/aromatic N) is 3. The molecule has 0 saturated carbocycles. The third kappa shape index (κ3) is 3.07. The lowest BCUT2D eigenvalue weighted by Crippen LogP contribution is -2.40. The molecule has 4 nitrogen and oxygen atoms in total. The topological polar surface area (TPSA) is 49.2 Å². The minimum atomic E-state index is -2.61. The van der Waals surface area contributed by atoms with E-state index in [9.17, 15) is 13.9 Å². The van der Waals surface area contributed by atoms with Crippen LogP contribution in [0.15, 0.2) is 42.5 Å². The van der Waals surface area contributed by atoms with Gasteiger partial charge in [-0.3, -0.25) is 0 Å². The summed E-state index contributed by atoms with van der Waals surface area (Å²) in [5.41, 5.74) is 2.32. The molecule has 0 amide bonds. The van der Waals surface area contributed by atoms with Crippen molar-refractivity contribution in [2.75, 3.05) is 18.0 Å². The molecular weight excluding hydrogens is 336 g/mol. The molecule has 1 N–H and O–H groups in total. The molecule has 1 aliphatic rings. The van der Waals surface area contributed by atoms with Gasteiger partial charge in [0.15, 0.2) is 5.82 Å². The van der Waals surface area contributed by atoms with Gasteiger partial charge < -0.3 is 10.0 Å². The summed E-state index contributed by atoms with van der Waals surface area (Å²) in [6, 6.07) is 12.7. The smallest absolute Gasteiger partial charge is 0.251 e. The van der Waals surface area contributed by atoms with Gasteiger partial charge in [0, 0.05) is 31.3 Å². The molecule has 0 radical (unpaired) electrons. The van der Waals surface area contributed by atoms with Crippen LogP contribution in [-0.4, -0.2) is 34.1 Å². The normalized spacial score (nSPS) is 16.8. The third-order valence-electron chi connectivity index (χ3n) is 4.77. The van der Waals surface area contributed by atoms with E-state index in [2.05, 4.69) is 9.97 Å². The molecule has 0 unspecified atom stereocenters. The fourth-order valence-corrected chi connectivity index (χ4v) is 3.29. The molecule has 26 heavy (non-hydrogen) atoms. The van der Waals surface area contributed by atoms with E-state index in [1.807, 2.05) is 30.0 Å². The zero-order valence-electron chi connectivity index (χ0n) is 14.4. The standard InChI is InChI=1S/C20H19F2N3O/c1-13-6-7-14-16(12-13)23-18(15-4-2-3-5-17(15)26)24-19(14)25-10-8-20(21,22)9-11-25/h2-7,12,26H,8-11H2,1H3. The molecule has 3 aromatic rings. The summed E-state index contributed by atoms with van der Waals surface area (Å²) in [6.45, 7) is 2.46. The van der Waals surface area contributed by atoms with Crippen LogP contribution >= 0.6 is 0 Å². The van der Waals surface area contributed by atoms with Crippen LogP contribution < -0.4 is 4.90 Å². The van der Waals surface area contributed by atoms with Crippen molar-refractivity contribution in [1.29, 1.82) is 0 Å². The maximum atomic E-state index is 13.6. The maximum absolute atomic E-state index is 13.6. The average molecular weight is 355 g/mol. The molecule has 2 heterocycles. The molecule has 0 bridgehead atoms. The van der Waals surface area contributed by atoms with Crippen molar-refractivity contribution >= 4 is 16.7 Å². The van der Waals surface area contributed by atoms with Crippen molar-refractivity contribution in [1.82, 2.24) is 9.97 Å². The number of alkyl halides is 2. The summed E-state index contributed by atoms with van der Waals surface area (Å²) in [6.07, 6.45) is -0.368. The van der Waals surface area contributed by atoms with Crippen LogP contribution in [0, 0.1) is 6.92 Å². The Morgan fingerprint density at radius 1 is 1.04 bits per heavy atom. The Balaban J connectivity index is 1.87. The van der Waals surface area contributed by atoms with Crippen molar-refractivity contribution in [2.45, 2.75) is 25.7 Å². The van der Waals surface area contributed by atoms with Crippen LogP contribution in [-0.2, 0) is 0 Å². The molecule has 1 saturated heterocycles. The van der Waals surface area contributed by atoms with Crippen LogP contribution in [0.5, 0.6) is 5.75 Å². The van der Waals surface area contributed by atoms with Crippen molar-refractivity contribution in [3.63, 3.8) is 0 Å². The summed E-state index contributed by atoms with van der Waals surface area (Å²) in [7, 11) is 0. The van der Waals surface area contributed by atoms with Crippen LogP contribution in [0.4, 0.5) is 14.6 Å². The summed E-state index contributed by atoms with van der Waals surface area (Å²) in [5.74, 6) is -1.48. The number of aromatic nitrogens is 2. The van der Waals surface area contributed by atoms with Gasteiger partial charge >= 0.3 is 0 Å². The Hall–Kier alpha value is -2.76. The highest BCUT2D eigenvalue weighted by Crippen LogP contribution is 2.35. The van der Waals surface area contributed by atoms with E-state index >= 15 is 0 Å². The summed E-state index contributed by atoms with van der Waals surface area (Å²) < 4.78 is 27.1. The molecule has 0 spiro atoms. The van der Waals surface area contributed by atoms with Crippen molar-refractivity contribution in [3.05, 3.63) is 48.0 Å². The van der Waals surface area contributed by atoms with Gasteiger partial charge in [0.25, 0.3) is 5.92 Å². The lowest BCUT2D eigenvalue weighted by atomic mass is 10.1. The van der Waals surface area contributed by atoms with Crippen molar-refractivity contribution in [3.8, 4) is 17.1 Å². The van der Waals surface area contributed by atoms with E-state index in [4.69, 9.17) is 0 Å². The number of halogens is 2. The number of phenols is 1. The number of fused-ring (bicyclic) bond motifs is 1. The summed E-state index contributed by atoms with van der Waals surface area (Å²) >= 11 is 0. The fourth-order valence-electron chi connectivity index (χ4n) is 3.29. The molecule has 1 aliphatic heterocycles. The van der Waals surface area contributed by atoms with Gasteiger partial charge in [0.1, 0.15) is 11.6 Å². The highest BCUT2D eigenvalue weighted by atomic mass is 19.3. The Bertz CT molecular complexity index is 964. The molecule has 1 aromatic heterocycles. The minimum Gasteiger partial charge on any atom is -0.507 e. The first kappa shape index (κ1) is 16.7. The number of aromatic hydroxyl groups is 1. The second kappa shape index (κ2) is 6.20. The average Bonchev–Trinajstić information content (AvgIpc) is 2.61. The largest absolute Gasteiger partial charge is 0.507 e. The molecule has 6 heteroatoms. The second-order valence-corrected chi connectivity index (χ2v) is 6.75. The fraction of sp³-hybridized carbons (Fsp3) is 0.300. The summed E-state index contributed by atoms with van der Waals surface area (Å²) in [5, 5.41) is 11.0. The van der Waals surface area contributed by atoms with Gasteiger partial charge in [0.05, 0.1) is 11.1 Å². The Labute approximate surface area is 150 Å². The number of hydrogen-bond donors (Lipinski definition) is 1. The van der Waals surface area contributed by atoms with Crippen LogP contribution in [0.2, 0.25) is 0 Å². The Morgan fingerprint density at radius 3 is 2.50 bits per heavy atom. The van der Waals surface area contributed by atoms with Crippen LogP contribution in [0.3, 0.4) is 0 Å². The maximum Gasteiger partial charge on any atom is 0.251 e. The molecule has 1 fully saturated rings. The quantitative estimate of drug-likeness (QED) is 0.733. The number of benzene rings is 2. The first-order chi connectivity index (χ1) is 12.4. The van der Waals surface area contributed by atoms with Crippen molar-refractivity contribution < 1.29 is 13.9 Å². The van der Waals surface area contributed by atoms with E-state index in [-0.39, 0.29) is 31.7 Å². The highest BCUT2D eigenvalue weighted by molar-refractivity contribution is 5.91. The van der Waals surface area contributed by atoms with Gasteiger partial charge in [0.2, 0.25) is 0 Å². The first-order valence-electron chi connectivity index (χ1n) is 8.62. The van der Waals surface area contributed by atoms with Gasteiger partial charge in [-0.25, -0.2) is 18.7 Å². The molecular formula is C20H19F2N3O. The molecule has 134 valence electrons. The third-order valence-corrected chi connectivity index (χ3v) is 4.77. The van der Waals surface area contributed by atoms with Gasteiger partial charge in [-0.05, 0) is 36.8 Å². The zero-order chi connectivity index (χ0) is 18.3. The lowest BCUT2D eigenvalue weighted by molar-refractivity contribution is -0.0221. The van der Waals surface area contributed by atoms with Crippen molar-refractivity contribution in [2.24, 2.45) is 0 Å². The Morgan fingerprint density at radius 2 is 1.77 bits per heavy atom. The first-order valence-corrected chi connectivity index (χ1v) is 8.62. The number of phenolic OH excluding ortho intramolecular Hbond substituents is 1. The number of rotatable bonds is 2. The molecule has 0 aliphatic carbocycles. The minimum absolute atomic E-state index is 0.0932. The number of piperidine rings is 1. The molecule has 0 atom stereocenters. The van der Waals surface area contributed by atoms with Crippen LogP contribution in [0.25, 0.3) is 22.3 Å². The predicted molar refractivity (Wildman–Crippen MR) is 97.8 cm³/mol. The van der Waals surface area contributed by atoms with E-state index in [0.29, 0.717) is 17.2 Å². The van der Waals surface area contributed by atoms with E-state index < -0.39 is 5.92 Å². The summed E-state index contributed by atoms with van der Waals surface area (Å²) in [4.78, 5) is 11.1. The van der Waals surface area contributed by atoms with Gasteiger partial charge in [-0.1, -0.05) is 18.2 Å². The molecule has 2 aromatic carbocycles. The van der Waals surface area contributed by atoms with E-state index in [0.717, 1.165) is 16.5 Å². The number of anilines is 1. The number of aryl methyl sites for hydroxylation is 1. The van der Waals surface area contributed by atoms with E-state index in [1.54, 1.807) is 24.3 Å².